The third-order valence-corrected chi connectivity index (χ3v) is 3.12. The van der Waals surface area contributed by atoms with Crippen LogP contribution in [0.4, 0.5) is 13.2 Å². The number of alkyl halides is 3. The molecule has 1 aromatic heterocycles. The molecule has 24 heavy (non-hydrogen) atoms. The smallest absolute Gasteiger partial charge is 0.465 e. The van der Waals surface area contributed by atoms with Crippen LogP contribution in [0.2, 0.25) is 0 Å². The van der Waals surface area contributed by atoms with Gasteiger partial charge in [-0.05, 0) is 36.4 Å². The number of hydrogen-bond acceptors (Lipinski definition) is 5. The molecule has 0 fully saturated rings. The van der Waals surface area contributed by atoms with Crippen molar-refractivity contribution in [1.82, 2.24) is 4.98 Å². The standard InChI is InChI=1S/C16H10F3NO4/c1-22-15(21)10-5-6-12-13(8-10)23-14(20-12)9-3-2-4-11(7-9)24-16(17,18)19/h2-8H,1H3. The second kappa shape index (κ2) is 5.88. The molecule has 0 atom stereocenters. The zero-order chi connectivity index (χ0) is 17.3. The van der Waals surface area contributed by atoms with Gasteiger partial charge in [0, 0.05) is 5.56 Å². The molecule has 0 bridgehead atoms. The predicted molar refractivity (Wildman–Crippen MR) is 77.5 cm³/mol. The summed E-state index contributed by atoms with van der Waals surface area (Å²) >= 11 is 0. The number of carbonyl (C=O) groups is 1. The predicted octanol–water partition coefficient (Wildman–Crippen LogP) is 4.18. The van der Waals surface area contributed by atoms with Crippen LogP contribution < -0.4 is 4.74 Å². The molecule has 0 unspecified atom stereocenters. The molecular weight excluding hydrogens is 327 g/mol. The molecular formula is C16H10F3NO4. The monoisotopic (exact) mass is 337 g/mol. The highest BCUT2D eigenvalue weighted by Gasteiger charge is 2.31. The SMILES string of the molecule is COC(=O)c1ccc2nc(-c3cccc(OC(F)(F)F)c3)oc2c1. The van der Waals surface area contributed by atoms with Gasteiger partial charge >= 0.3 is 12.3 Å². The van der Waals surface area contributed by atoms with E-state index >= 15 is 0 Å². The summed E-state index contributed by atoms with van der Waals surface area (Å²) in [6, 6.07) is 9.80. The number of fused-ring (bicyclic) bond motifs is 1. The van der Waals surface area contributed by atoms with Crippen molar-refractivity contribution in [2.45, 2.75) is 6.36 Å². The van der Waals surface area contributed by atoms with Gasteiger partial charge in [-0.3, -0.25) is 0 Å². The number of rotatable bonds is 3. The molecule has 0 N–H and O–H groups in total. The summed E-state index contributed by atoms with van der Waals surface area (Å²) in [6.45, 7) is 0. The molecule has 0 aliphatic rings. The van der Waals surface area contributed by atoms with Gasteiger partial charge in [0.15, 0.2) is 5.58 Å². The lowest BCUT2D eigenvalue weighted by atomic mass is 10.2. The van der Waals surface area contributed by atoms with E-state index in [0.717, 1.165) is 0 Å². The van der Waals surface area contributed by atoms with Crippen LogP contribution in [0.3, 0.4) is 0 Å². The normalized spacial score (nSPS) is 11.5. The van der Waals surface area contributed by atoms with Crippen molar-refractivity contribution in [3.63, 3.8) is 0 Å². The molecule has 0 aliphatic carbocycles. The lowest BCUT2D eigenvalue weighted by molar-refractivity contribution is -0.274. The second-order valence-corrected chi connectivity index (χ2v) is 4.77. The third kappa shape index (κ3) is 3.32. The van der Waals surface area contributed by atoms with Gasteiger partial charge in [0.25, 0.3) is 0 Å². The van der Waals surface area contributed by atoms with Gasteiger partial charge in [-0.25, -0.2) is 9.78 Å². The van der Waals surface area contributed by atoms with E-state index in [4.69, 9.17) is 4.42 Å². The largest absolute Gasteiger partial charge is 0.573 e. The Morgan fingerprint density at radius 3 is 2.67 bits per heavy atom. The van der Waals surface area contributed by atoms with E-state index in [-0.39, 0.29) is 17.2 Å². The molecule has 5 nitrogen and oxygen atoms in total. The summed E-state index contributed by atoms with van der Waals surface area (Å²) in [4.78, 5) is 15.7. The topological polar surface area (TPSA) is 61.6 Å². The molecule has 0 aliphatic heterocycles. The first-order chi connectivity index (χ1) is 11.4. The number of hydrogen-bond donors (Lipinski definition) is 0. The molecule has 3 aromatic rings. The Hall–Kier alpha value is -3.03. The Morgan fingerprint density at radius 2 is 1.96 bits per heavy atom. The van der Waals surface area contributed by atoms with Crippen LogP contribution in [-0.2, 0) is 4.74 Å². The van der Waals surface area contributed by atoms with Crippen LogP contribution in [-0.4, -0.2) is 24.4 Å². The van der Waals surface area contributed by atoms with Crippen LogP contribution in [0, 0.1) is 0 Å². The maximum atomic E-state index is 12.3. The van der Waals surface area contributed by atoms with Crippen molar-refractivity contribution in [1.29, 1.82) is 0 Å². The van der Waals surface area contributed by atoms with Gasteiger partial charge in [0.1, 0.15) is 11.3 Å². The minimum atomic E-state index is -4.78. The van der Waals surface area contributed by atoms with Crippen LogP contribution in [0.15, 0.2) is 46.9 Å². The van der Waals surface area contributed by atoms with Gasteiger partial charge in [-0.2, -0.15) is 0 Å². The number of oxazole rings is 1. The summed E-state index contributed by atoms with van der Waals surface area (Å²) < 4.78 is 50.9. The number of aromatic nitrogens is 1. The van der Waals surface area contributed by atoms with Crippen molar-refractivity contribution >= 4 is 17.1 Å². The number of methoxy groups -OCH3 is 1. The van der Waals surface area contributed by atoms with E-state index in [1.54, 1.807) is 6.07 Å². The highest BCUT2D eigenvalue weighted by atomic mass is 19.4. The van der Waals surface area contributed by atoms with E-state index < -0.39 is 12.3 Å². The molecule has 3 rings (SSSR count). The van der Waals surface area contributed by atoms with E-state index in [1.165, 1.54) is 43.5 Å². The lowest BCUT2D eigenvalue weighted by Crippen LogP contribution is -2.17. The first kappa shape index (κ1) is 15.9. The third-order valence-electron chi connectivity index (χ3n) is 3.12. The summed E-state index contributed by atoms with van der Waals surface area (Å²) in [5.41, 5.74) is 1.37. The summed E-state index contributed by atoms with van der Waals surface area (Å²) in [5.74, 6) is -0.799. The van der Waals surface area contributed by atoms with Gasteiger partial charge in [0.05, 0.1) is 12.7 Å². The van der Waals surface area contributed by atoms with E-state index in [9.17, 15) is 18.0 Å². The first-order valence-corrected chi connectivity index (χ1v) is 6.71. The Labute approximate surface area is 133 Å². The maximum Gasteiger partial charge on any atom is 0.573 e. The van der Waals surface area contributed by atoms with Gasteiger partial charge in [-0.15, -0.1) is 13.2 Å². The van der Waals surface area contributed by atoms with Crippen LogP contribution in [0.5, 0.6) is 5.75 Å². The highest BCUT2D eigenvalue weighted by molar-refractivity contribution is 5.93. The van der Waals surface area contributed by atoms with Gasteiger partial charge in [0.2, 0.25) is 5.89 Å². The summed E-state index contributed by atoms with van der Waals surface area (Å²) in [6.07, 6.45) is -4.78. The average molecular weight is 337 g/mol. The van der Waals surface area contributed by atoms with Crippen molar-refractivity contribution in [3.8, 4) is 17.2 Å². The quantitative estimate of drug-likeness (QED) is 0.671. The van der Waals surface area contributed by atoms with Crippen molar-refractivity contribution in [2.75, 3.05) is 7.11 Å². The summed E-state index contributed by atoms with van der Waals surface area (Å²) in [5, 5.41) is 0. The van der Waals surface area contributed by atoms with Gasteiger partial charge in [-0.1, -0.05) is 6.07 Å². The second-order valence-electron chi connectivity index (χ2n) is 4.77. The van der Waals surface area contributed by atoms with Crippen LogP contribution in [0.1, 0.15) is 10.4 Å². The number of benzene rings is 2. The van der Waals surface area contributed by atoms with E-state index in [1.807, 2.05) is 0 Å². The number of halogens is 3. The molecule has 124 valence electrons. The molecule has 0 spiro atoms. The molecule has 1 heterocycles. The molecule has 0 amide bonds. The number of esters is 1. The lowest BCUT2D eigenvalue weighted by Gasteiger charge is -2.08. The molecule has 8 heteroatoms. The van der Waals surface area contributed by atoms with E-state index in [2.05, 4.69) is 14.5 Å². The van der Waals surface area contributed by atoms with Crippen LogP contribution >= 0.6 is 0 Å². The number of ether oxygens (including phenoxy) is 2. The van der Waals surface area contributed by atoms with Gasteiger partial charge < -0.3 is 13.9 Å². The number of nitrogens with zero attached hydrogens (tertiary/aromatic N) is 1. The van der Waals surface area contributed by atoms with E-state index in [0.29, 0.717) is 16.7 Å². The Morgan fingerprint density at radius 1 is 1.17 bits per heavy atom. The fraction of sp³-hybridized carbons (Fsp3) is 0.125. The molecule has 0 saturated heterocycles. The fourth-order valence-electron chi connectivity index (χ4n) is 2.12. The first-order valence-electron chi connectivity index (χ1n) is 6.71. The minimum absolute atomic E-state index is 0.111. The Bertz CT molecular complexity index is 902. The zero-order valence-electron chi connectivity index (χ0n) is 12.3. The summed E-state index contributed by atoms with van der Waals surface area (Å²) in [7, 11) is 1.25. The maximum absolute atomic E-state index is 12.3. The molecule has 0 radical (unpaired) electrons. The van der Waals surface area contributed by atoms with Crippen molar-refractivity contribution in [2.24, 2.45) is 0 Å². The minimum Gasteiger partial charge on any atom is -0.465 e. The fourth-order valence-corrected chi connectivity index (χ4v) is 2.12. The Kier molecular flexibility index (Phi) is 3.88. The molecule has 2 aromatic carbocycles. The molecule has 0 saturated carbocycles. The Balaban J connectivity index is 1.97. The number of carbonyl (C=O) groups excluding carboxylic acids is 1. The van der Waals surface area contributed by atoms with Crippen molar-refractivity contribution in [3.05, 3.63) is 48.0 Å². The van der Waals surface area contributed by atoms with Crippen molar-refractivity contribution < 1.29 is 31.9 Å². The average Bonchev–Trinajstić information content (AvgIpc) is 2.96. The van der Waals surface area contributed by atoms with Crippen LogP contribution in [0.25, 0.3) is 22.6 Å². The highest BCUT2D eigenvalue weighted by Crippen LogP contribution is 2.29. The zero-order valence-corrected chi connectivity index (χ0v) is 12.3.